The van der Waals surface area contributed by atoms with E-state index in [4.69, 9.17) is 0 Å². The number of benzene rings is 2. The first-order valence-electron chi connectivity index (χ1n) is 6.87. The van der Waals surface area contributed by atoms with Crippen LogP contribution in [-0.4, -0.2) is 25.8 Å². The monoisotopic (exact) mass is 311 g/mol. The Bertz CT molecular complexity index is 872. The van der Waals surface area contributed by atoms with Crippen LogP contribution < -0.4 is 5.32 Å². The van der Waals surface area contributed by atoms with Crippen molar-refractivity contribution in [3.63, 3.8) is 0 Å². The lowest BCUT2D eigenvalue weighted by atomic mass is 10.1. The topological polar surface area (TPSA) is 103 Å². The van der Waals surface area contributed by atoms with Crippen molar-refractivity contribution in [2.75, 3.05) is 0 Å². The van der Waals surface area contributed by atoms with Gasteiger partial charge in [0.15, 0.2) is 6.17 Å². The van der Waals surface area contributed by atoms with Crippen molar-refractivity contribution < 1.29 is 9.72 Å². The maximum Gasteiger partial charge on any atom is 0.269 e. The molecular formula is C15H13N5O3. The molecule has 0 radical (unpaired) electrons. The third-order valence-electron chi connectivity index (χ3n) is 3.38. The standard InChI is InChI=1S/C15H13N5O3/c1-10(21)16-15(11-6-8-12(9-7-11)20(22)23)19-14-5-3-2-4-13(14)17-18-19/h2-9,15H,1H3,(H,16,21). The number of nitro benzene ring substituents is 1. The Labute approximate surface area is 130 Å². The zero-order chi connectivity index (χ0) is 16.4. The minimum atomic E-state index is -0.597. The Balaban J connectivity index is 2.07. The molecule has 23 heavy (non-hydrogen) atoms. The van der Waals surface area contributed by atoms with E-state index in [0.717, 1.165) is 5.52 Å². The van der Waals surface area contributed by atoms with Crippen molar-refractivity contribution in [2.24, 2.45) is 0 Å². The number of nitrogens with zero attached hydrogens (tertiary/aromatic N) is 4. The van der Waals surface area contributed by atoms with E-state index in [-0.39, 0.29) is 11.6 Å². The molecular weight excluding hydrogens is 298 g/mol. The van der Waals surface area contributed by atoms with Gasteiger partial charge in [0.2, 0.25) is 5.91 Å². The lowest BCUT2D eigenvalue weighted by molar-refractivity contribution is -0.384. The molecule has 1 heterocycles. The van der Waals surface area contributed by atoms with Crippen LogP contribution in [0.3, 0.4) is 0 Å². The second kappa shape index (κ2) is 5.84. The molecule has 0 aliphatic rings. The highest BCUT2D eigenvalue weighted by Gasteiger charge is 2.19. The number of nitrogens with one attached hydrogen (secondary N) is 1. The highest BCUT2D eigenvalue weighted by Crippen LogP contribution is 2.22. The molecule has 3 rings (SSSR count). The first kappa shape index (κ1) is 14.6. The SMILES string of the molecule is CC(=O)NC(c1ccc([N+](=O)[O-])cc1)n1nnc2ccccc21. The molecule has 2 aromatic carbocycles. The van der Waals surface area contributed by atoms with Crippen LogP contribution >= 0.6 is 0 Å². The van der Waals surface area contributed by atoms with Gasteiger partial charge in [-0.25, -0.2) is 4.68 Å². The van der Waals surface area contributed by atoms with Crippen LogP contribution in [0.1, 0.15) is 18.7 Å². The maximum absolute atomic E-state index is 11.6. The molecule has 1 unspecified atom stereocenters. The predicted octanol–water partition coefficient (Wildman–Crippen LogP) is 2.02. The number of hydrogen-bond donors (Lipinski definition) is 1. The summed E-state index contributed by atoms with van der Waals surface area (Å²) in [6, 6.07) is 13.3. The smallest absolute Gasteiger partial charge is 0.269 e. The average Bonchev–Trinajstić information content (AvgIpc) is 2.96. The number of amides is 1. The van der Waals surface area contributed by atoms with Crippen LogP contribution in [0.15, 0.2) is 48.5 Å². The Morgan fingerprint density at radius 2 is 1.91 bits per heavy atom. The van der Waals surface area contributed by atoms with Crippen molar-refractivity contribution in [1.82, 2.24) is 20.3 Å². The quantitative estimate of drug-likeness (QED) is 0.586. The number of para-hydroxylation sites is 1. The Morgan fingerprint density at radius 3 is 2.57 bits per heavy atom. The summed E-state index contributed by atoms with van der Waals surface area (Å²) in [6.45, 7) is 1.40. The number of carbonyl (C=O) groups is 1. The second-order valence-electron chi connectivity index (χ2n) is 4.97. The van der Waals surface area contributed by atoms with Gasteiger partial charge in [-0.15, -0.1) is 5.10 Å². The molecule has 0 aliphatic carbocycles. The van der Waals surface area contributed by atoms with Crippen molar-refractivity contribution in [3.8, 4) is 0 Å². The normalized spacial score (nSPS) is 12.0. The van der Waals surface area contributed by atoms with Crippen LogP contribution in [0.4, 0.5) is 5.69 Å². The highest BCUT2D eigenvalue weighted by atomic mass is 16.6. The fourth-order valence-corrected chi connectivity index (χ4v) is 2.33. The fraction of sp³-hybridized carbons (Fsp3) is 0.133. The number of hydrogen-bond acceptors (Lipinski definition) is 5. The molecule has 0 saturated heterocycles. The molecule has 0 saturated carbocycles. The van der Waals surface area contributed by atoms with Gasteiger partial charge >= 0.3 is 0 Å². The molecule has 1 N–H and O–H groups in total. The van der Waals surface area contributed by atoms with Gasteiger partial charge in [0.05, 0.1) is 10.4 Å². The minimum absolute atomic E-state index is 0.0150. The molecule has 1 amide bonds. The third kappa shape index (κ3) is 2.86. The number of carbonyl (C=O) groups excluding carboxylic acids is 1. The van der Waals surface area contributed by atoms with Crippen molar-refractivity contribution >= 4 is 22.6 Å². The van der Waals surface area contributed by atoms with E-state index in [0.29, 0.717) is 11.1 Å². The summed E-state index contributed by atoms with van der Waals surface area (Å²) in [7, 11) is 0. The second-order valence-corrected chi connectivity index (χ2v) is 4.97. The Morgan fingerprint density at radius 1 is 1.22 bits per heavy atom. The molecule has 0 aliphatic heterocycles. The van der Waals surface area contributed by atoms with E-state index in [1.165, 1.54) is 19.1 Å². The van der Waals surface area contributed by atoms with Gasteiger partial charge in [-0.05, 0) is 29.8 Å². The first-order chi connectivity index (χ1) is 11.1. The van der Waals surface area contributed by atoms with E-state index in [9.17, 15) is 14.9 Å². The van der Waals surface area contributed by atoms with Gasteiger partial charge < -0.3 is 5.32 Å². The summed E-state index contributed by atoms with van der Waals surface area (Å²) in [5.41, 5.74) is 2.11. The minimum Gasteiger partial charge on any atom is -0.331 e. The number of rotatable bonds is 4. The summed E-state index contributed by atoms with van der Waals surface area (Å²) in [5, 5.41) is 21.7. The molecule has 0 bridgehead atoms. The van der Waals surface area contributed by atoms with E-state index < -0.39 is 11.1 Å². The first-order valence-corrected chi connectivity index (χ1v) is 6.87. The van der Waals surface area contributed by atoms with E-state index >= 15 is 0 Å². The highest BCUT2D eigenvalue weighted by molar-refractivity contribution is 5.76. The largest absolute Gasteiger partial charge is 0.331 e. The van der Waals surface area contributed by atoms with Crippen LogP contribution in [0.5, 0.6) is 0 Å². The number of fused-ring (bicyclic) bond motifs is 1. The lowest BCUT2D eigenvalue weighted by Crippen LogP contribution is -2.32. The maximum atomic E-state index is 11.6. The van der Waals surface area contributed by atoms with Gasteiger partial charge in [0.1, 0.15) is 5.52 Å². The van der Waals surface area contributed by atoms with Gasteiger partial charge in [-0.2, -0.15) is 0 Å². The van der Waals surface area contributed by atoms with E-state index in [1.54, 1.807) is 16.8 Å². The molecule has 3 aromatic rings. The summed E-state index contributed by atoms with van der Waals surface area (Å²) >= 11 is 0. The molecule has 116 valence electrons. The van der Waals surface area contributed by atoms with Crippen LogP contribution in [-0.2, 0) is 4.79 Å². The molecule has 0 fully saturated rings. The van der Waals surface area contributed by atoms with E-state index in [2.05, 4.69) is 15.6 Å². The lowest BCUT2D eigenvalue weighted by Gasteiger charge is -2.19. The zero-order valence-electron chi connectivity index (χ0n) is 12.2. The Hall–Kier alpha value is -3.29. The average molecular weight is 311 g/mol. The van der Waals surface area contributed by atoms with Crippen molar-refractivity contribution in [3.05, 3.63) is 64.2 Å². The summed E-state index contributed by atoms with van der Waals surface area (Å²) in [5.74, 6) is -0.243. The van der Waals surface area contributed by atoms with Gasteiger partial charge in [-0.3, -0.25) is 14.9 Å². The fourth-order valence-electron chi connectivity index (χ4n) is 2.33. The molecule has 8 heteroatoms. The number of non-ortho nitro benzene ring substituents is 1. The molecule has 1 atom stereocenters. The van der Waals surface area contributed by atoms with Gasteiger partial charge in [0.25, 0.3) is 5.69 Å². The summed E-state index contributed by atoms with van der Waals surface area (Å²) in [6.07, 6.45) is -0.597. The molecule has 1 aromatic heterocycles. The van der Waals surface area contributed by atoms with Crippen LogP contribution in [0, 0.1) is 10.1 Å². The van der Waals surface area contributed by atoms with E-state index in [1.807, 2.05) is 24.3 Å². The predicted molar refractivity (Wildman–Crippen MR) is 82.6 cm³/mol. The van der Waals surface area contributed by atoms with Crippen LogP contribution in [0.2, 0.25) is 0 Å². The van der Waals surface area contributed by atoms with Crippen molar-refractivity contribution in [2.45, 2.75) is 13.1 Å². The van der Waals surface area contributed by atoms with Gasteiger partial charge in [-0.1, -0.05) is 17.3 Å². The zero-order valence-corrected chi connectivity index (χ0v) is 12.2. The summed E-state index contributed by atoms with van der Waals surface area (Å²) < 4.78 is 1.58. The van der Waals surface area contributed by atoms with Crippen molar-refractivity contribution in [1.29, 1.82) is 0 Å². The molecule has 8 nitrogen and oxygen atoms in total. The van der Waals surface area contributed by atoms with Crippen LogP contribution in [0.25, 0.3) is 11.0 Å². The third-order valence-corrected chi connectivity index (χ3v) is 3.38. The number of nitro groups is 1. The molecule has 0 spiro atoms. The summed E-state index contributed by atoms with van der Waals surface area (Å²) in [4.78, 5) is 21.9. The Kier molecular flexibility index (Phi) is 3.71. The van der Waals surface area contributed by atoms with Gasteiger partial charge in [0, 0.05) is 19.1 Å². The number of aromatic nitrogens is 3.